The maximum absolute atomic E-state index is 12.0. The van der Waals surface area contributed by atoms with E-state index < -0.39 is 0 Å². The fourth-order valence-electron chi connectivity index (χ4n) is 2.40. The van der Waals surface area contributed by atoms with Crippen molar-refractivity contribution in [3.8, 4) is 0 Å². The van der Waals surface area contributed by atoms with Crippen LogP contribution in [0.3, 0.4) is 0 Å². The molecule has 5 heteroatoms. The second-order valence-electron chi connectivity index (χ2n) is 5.51. The van der Waals surface area contributed by atoms with Crippen molar-refractivity contribution in [2.75, 3.05) is 6.54 Å². The molecular weight excluding hydrogens is 302 g/mol. The van der Waals surface area contributed by atoms with Crippen LogP contribution in [0, 0.1) is 0 Å². The van der Waals surface area contributed by atoms with Gasteiger partial charge < -0.3 is 9.73 Å². The van der Waals surface area contributed by atoms with Crippen LogP contribution >= 0.6 is 0 Å². The number of carbonyl (C=O) groups is 1. The SMILES string of the molecule is O=C(NCCCc1ccccc1)c1nnc(Cc2ccccc2)o1. The van der Waals surface area contributed by atoms with Crippen LogP contribution in [0.25, 0.3) is 0 Å². The summed E-state index contributed by atoms with van der Waals surface area (Å²) in [5.74, 6) is 0.131. The monoisotopic (exact) mass is 321 g/mol. The number of hydrogen-bond acceptors (Lipinski definition) is 4. The Labute approximate surface area is 140 Å². The minimum absolute atomic E-state index is 0.0145. The Kier molecular flexibility index (Phi) is 5.35. The van der Waals surface area contributed by atoms with E-state index in [0.29, 0.717) is 18.9 Å². The molecule has 24 heavy (non-hydrogen) atoms. The molecule has 0 saturated carbocycles. The van der Waals surface area contributed by atoms with Crippen LogP contribution in [0.2, 0.25) is 0 Å². The summed E-state index contributed by atoms with van der Waals surface area (Å²) in [5, 5.41) is 10.6. The number of benzene rings is 2. The first kappa shape index (κ1) is 15.9. The number of nitrogens with one attached hydrogen (secondary N) is 1. The van der Waals surface area contributed by atoms with Gasteiger partial charge in [-0.3, -0.25) is 4.79 Å². The molecule has 122 valence electrons. The molecule has 0 aliphatic rings. The van der Waals surface area contributed by atoms with E-state index in [9.17, 15) is 4.79 Å². The molecular formula is C19H19N3O2. The third-order valence-electron chi connectivity index (χ3n) is 3.63. The lowest BCUT2D eigenvalue weighted by Crippen LogP contribution is -2.25. The van der Waals surface area contributed by atoms with Crippen molar-refractivity contribution < 1.29 is 9.21 Å². The molecule has 0 radical (unpaired) electrons. The van der Waals surface area contributed by atoms with E-state index in [-0.39, 0.29) is 11.8 Å². The third-order valence-corrected chi connectivity index (χ3v) is 3.63. The van der Waals surface area contributed by atoms with Crippen LogP contribution in [0.5, 0.6) is 0 Å². The Morgan fingerprint density at radius 1 is 0.917 bits per heavy atom. The summed E-state index contributed by atoms with van der Waals surface area (Å²) in [6.07, 6.45) is 2.31. The highest BCUT2D eigenvalue weighted by atomic mass is 16.4. The van der Waals surface area contributed by atoms with Crippen molar-refractivity contribution in [3.05, 3.63) is 83.6 Å². The summed E-state index contributed by atoms with van der Waals surface area (Å²) in [7, 11) is 0. The predicted molar refractivity (Wildman–Crippen MR) is 90.6 cm³/mol. The van der Waals surface area contributed by atoms with Gasteiger partial charge in [0.15, 0.2) is 0 Å². The zero-order valence-corrected chi connectivity index (χ0v) is 13.3. The van der Waals surface area contributed by atoms with E-state index in [1.807, 2.05) is 48.5 Å². The Morgan fingerprint density at radius 2 is 1.58 bits per heavy atom. The van der Waals surface area contributed by atoms with Gasteiger partial charge >= 0.3 is 11.8 Å². The van der Waals surface area contributed by atoms with Crippen LogP contribution in [-0.2, 0) is 12.8 Å². The number of aromatic nitrogens is 2. The first-order chi connectivity index (χ1) is 11.8. The van der Waals surface area contributed by atoms with Crippen molar-refractivity contribution in [3.63, 3.8) is 0 Å². The third kappa shape index (κ3) is 4.52. The van der Waals surface area contributed by atoms with E-state index in [2.05, 4.69) is 27.6 Å². The first-order valence-electron chi connectivity index (χ1n) is 8.00. The Balaban J connectivity index is 1.45. The topological polar surface area (TPSA) is 68.0 Å². The smallest absolute Gasteiger partial charge is 0.308 e. The summed E-state index contributed by atoms with van der Waals surface area (Å²) in [6, 6.07) is 20.0. The highest BCUT2D eigenvalue weighted by Gasteiger charge is 2.14. The zero-order valence-electron chi connectivity index (χ0n) is 13.3. The van der Waals surface area contributed by atoms with Gasteiger partial charge in [0.1, 0.15) is 0 Å². The molecule has 0 aliphatic heterocycles. The fourth-order valence-corrected chi connectivity index (χ4v) is 2.40. The largest absolute Gasteiger partial charge is 0.417 e. The molecule has 0 saturated heterocycles. The standard InChI is InChI=1S/C19H19N3O2/c23-18(20-13-7-12-15-8-3-1-4-9-15)19-22-21-17(24-19)14-16-10-5-2-6-11-16/h1-6,8-11H,7,12-14H2,(H,20,23). The summed E-state index contributed by atoms with van der Waals surface area (Å²) >= 11 is 0. The zero-order chi connectivity index (χ0) is 16.6. The lowest BCUT2D eigenvalue weighted by molar-refractivity contribution is 0.0917. The first-order valence-corrected chi connectivity index (χ1v) is 8.00. The molecule has 1 amide bonds. The van der Waals surface area contributed by atoms with Crippen LogP contribution in [0.4, 0.5) is 0 Å². The average molecular weight is 321 g/mol. The van der Waals surface area contributed by atoms with Gasteiger partial charge in [-0.25, -0.2) is 0 Å². The molecule has 1 N–H and O–H groups in total. The van der Waals surface area contributed by atoms with E-state index in [1.165, 1.54) is 5.56 Å². The second-order valence-corrected chi connectivity index (χ2v) is 5.51. The van der Waals surface area contributed by atoms with Crippen LogP contribution in [0.1, 0.15) is 34.1 Å². The van der Waals surface area contributed by atoms with Crippen molar-refractivity contribution in [1.82, 2.24) is 15.5 Å². The van der Waals surface area contributed by atoms with E-state index in [4.69, 9.17) is 4.42 Å². The number of rotatable bonds is 7. The molecule has 3 rings (SSSR count). The number of carbonyl (C=O) groups excluding carboxylic acids is 1. The Bertz CT molecular complexity index is 770. The van der Waals surface area contributed by atoms with E-state index >= 15 is 0 Å². The molecule has 5 nitrogen and oxygen atoms in total. The van der Waals surface area contributed by atoms with Crippen LogP contribution in [-0.4, -0.2) is 22.6 Å². The van der Waals surface area contributed by atoms with Gasteiger partial charge in [0.25, 0.3) is 0 Å². The van der Waals surface area contributed by atoms with Crippen LogP contribution in [0.15, 0.2) is 65.1 Å². The summed E-state index contributed by atoms with van der Waals surface area (Å²) < 4.78 is 5.43. The van der Waals surface area contributed by atoms with Crippen molar-refractivity contribution in [1.29, 1.82) is 0 Å². The molecule has 1 aromatic heterocycles. The Morgan fingerprint density at radius 3 is 2.29 bits per heavy atom. The summed E-state index contributed by atoms with van der Waals surface area (Å²) in [4.78, 5) is 12.0. The number of nitrogens with zero attached hydrogens (tertiary/aromatic N) is 2. The number of hydrogen-bond donors (Lipinski definition) is 1. The summed E-state index contributed by atoms with van der Waals surface area (Å²) in [5.41, 5.74) is 2.32. The van der Waals surface area contributed by atoms with Crippen molar-refractivity contribution in [2.24, 2.45) is 0 Å². The normalized spacial score (nSPS) is 10.5. The quantitative estimate of drug-likeness (QED) is 0.679. The fraction of sp³-hybridized carbons (Fsp3) is 0.211. The lowest BCUT2D eigenvalue weighted by atomic mass is 10.1. The van der Waals surface area contributed by atoms with Gasteiger partial charge in [0.2, 0.25) is 5.89 Å². The highest BCUT2D eigenvalue weighted by molar-refractivity contribution is 5.89. The van der Waals surface area contributed by atoms with Gasteiger partial charge in [0, 0.05) is 6.54 Å². The molecule has 0 unspecified atom stereocenters. The average Bonchev–Trinajstić information content (AvgIpc) is 3.09. The predicted octanol–water partition coefficient (Wildman–Crippen LogP) is 3.02. The van der Waals surface area contributed by atoms with Gasteiger partial charge in [-0.15, -0.1) is 10.2 Å². The number of amides is 1. The van der Waals surface area contributed by atoms with Gasteiger partial charge in [-0.05, 0) is 24.0 Å². The van der Waals surface area contributed by atoms with Crippen molar-refractivity contribution >= 4 is 5.91 Å². The summed E-state index contributed by atoms with van der Waals surface area (Å²) in [6.45, 7) is 0.574. The molecule has 3 aromatic rings. The molecule has 0 atom stereocenters. The highest BCUT2D eigenvalue weighted by Crippen LogP contribution is 2.08. The second kappa shape index (κ2) is 8.06. The maximum atomic E-state index is 12.0. The molecule has 0 spiro atoms. The van der Waals surface area contributed by atoms with Crippen molar-refractivity contribution in [2.45, 2.75) is 19.3 Å². The van der Waals surface area contributed by atoms with Crippen LogP contribution < -0.4 is 5.32 Å². The number of aryl methyl sites for hydroxylation is 1. The van der Waals surface area contributed by atoms with E-state index in [1.54, 1.807) is 0 Å². The Hall–Kier alpha value is -2.95. The molecule has 0 aliphatic carbocycles. The molecule has 2 aromatic carbocycles. The van der Waals surface area contributed by atoms with Gasteiger partial charge in [-0.1, -0.05) is 60.7 Å². The van der Waals surface area contributed by atoms with Gasteiger partial charge in [0.05, 0.1) is 6.42 Å². The maximum Gasteiger partial charge on any atom is 0.308 e. The molecule has 0 fully saturated rings. The lowest BCUT2D eigenvalue weighted by Gasteiger charge is -2.02. The molecule has 1 heterocycles. The van der Waals surface area contributed by atoms with E-state index in [0.717, 1.165) is 18.4 Å². The minimum Gasteiger partial charge on any atom is -0.417 e. The minimum atomic E-state index is -0.324. The van der Waals surface area contributed by atoms with Gasteiger partial charge in [-0.2, -0.15) is 0 Å². The molecule has 0 bridgehead atoms.